The minimum Gasteiger partial charge on any atom is -0.455 e. The first-order valence-electron chi connectivity index (χ1n) is 10.3. The van der Waals surface area contributed by atoms with E-state index in [1.54, 1.807) is 6.33 Å². The van der Waals surface area contributed by atoms with Crippen molar-refractivity contribution in [2.75, 3.05) is 18.0 Å². The number of aromatic nitrogens is 2. The third kappa shape index (κ3) is 3.39. The van der Waals surface area contributed by atoms with Gasteiger partial charge in [-0.05, 0) is 52.2 Å². The summed E-state index contributed by atoms with van der Waals surface area (Å²) >= 11 is 0. The minimum atomic E-state index is -0.618. The molecule has 0 radical (unpaired) electrons. The molecule has 0 bridgehead atoms. The maximum atomic E-state index is 13.5. The van der Waals surface area contributed by atoms with Crippen LogP contribution in [0.2, 0.25) is 0 Å². The Morgan fingerprint density at radius 2 is 1.79 bits per heavy atom. The topological polar surface area (TPSA) is 67.7 Å². The summed E-state index contributed by atoms with van der Waals surface area (Å²) in [6.07, 6.45) is 4.38. The zero-order valence-electron chi connectivity index (χ0n) is 17.5. The van der Waals surface area contributed by atoms with E-state index in [2.05, 4.69) is 4.98 Å². The van der Waals surface area contributed by atoms with Gasteiger partial charge in [-0.25, -0.2) is 14.6 Å². The molecule has 2 aliphatic rings. The molecule has 2 aliphatic heterocycles. The lowest BCUT2D eigenvalue weighted by molar-refractivity contribution is 0.00612. The highest BCUT2D eigenvalue weighted by atomic mass is 16.6. The SMILES string of the molecule is CC[C@H]1c2c(C(=O)OC(C)(C)C)ncn2-c2ccccc2N1C(=O)N1CCCC1. The number of carbonyl (C=O) groups is 2. The molecule has 0 aliphatic carbocycles. The Morgan fingerprint density at radius 1 is 1.14 bits per heavy atom. The molecule has 0 unspecified atom stereocenters. The maximum Gasteiger partial charge on any atom is 0.359 e. The zero-order valence-corrected chi connectivity index (χ0v) is 17.5. The van der Waals surface area contributed by atoms with Crippen molar-refractivity contribution < 1.29 is 14.3 Å². The van der Waals surface area contributed by atoms with E-state index in [0.717, 1.165) is 37.3 Å². The number of nitrogens with zero attached hydrogens (tertiary/aromatic N) is 4. The number of fused-ring (bicyclic) bond motifs is 3. The number of para-hydroxylation sites is 2. The fourth-order valence-electron chi connectivity index (χ4n) is 4.19. The van der Waals surface area contributed by atoms with E-state index in [1.165, 1.54) is 0 Å². The maximum absolute atomic E-state index is 13.5. The first-order valence-corrected chi connectivity index (χ1v) is 10.3. The molecule has 7 nitrogen and oxygen atoms in total. The highest BCUT2D eigenvalue weighted by molar-refractivity contribution is 5.98. The number of esters is 1. The molecule has 29 heavy (non-hydrogen) atoms. The molecule has 0 saturated carbocycles. The van der Waals surface area contributed by atoms with Crippen LogP contribution in [-0.4, -0.2) is 45.1 Å². The number of carbonyl (C=O) groups excluding carboxylic acids is 2. The lowest BCUT2D eigenvalue weighted by atomic mass is 10.0. The zero-order chi connectivity index (χ0) is 20.8. The van der Waals surface area contributed by atoms with Crippen molar-refractivity contribution in [3.05, 3.63) is 42.0 Å². The van der Waals surface area contributed by atoms with Gasteiger partial charge in [0.05, 0.1) is 23.1 Å². The van der Waals surface area contributed by atoms with Gasteiger partial charge >= 0.3 is 12.0 Å². The van der Waals surface area contributed by atoms with Crippen molar-refractivity contribution in [3.8, 4) is 5.69 Å². The van der Waals surface area contributed by atoms with Crippen molar-refractivity contribution in [2.24, 2.45) is 0 Å². The number of hydrogen-bond acceptors (Lipinski definition) is 4. The summed E-state index contributed by atoms with van der Waals surface area (Å²) in [4.78, 5) is 34.5. The van der Waals surface area contributed by atoms with Crippen LogP contribution in [0.5, 0.6) is 0 Å². The monoisotopic (exact) mass is 396 g/mol. The number of urea groups is 1. The van der Waals surface area contributed by atoms with Crippen LogP contribution in [-0.2, 0) is 4.74 Å². The number of likely N-dealkylation sites (tertiary alicyclic amines) is 1. The van der Waals surface area contributed by atoms with E-state index < -0.39 is 11.6 Å². The molecule has 0 N–H and O–H groups in total. The predicted octanol–water partition coefficient (Wildman–Crippen LogP) is 4.31. The number of rotatable bonds is 2. The van der Waals surface area contributed by atoms with Crippen molar-refractivity contribution in [1.82, 2.24) is 14.5 Å². The molecule has 1 fully saturated rings. The minimum absolute atomic E-state index is 0.00983. The summed E-state index contributed by atoms with van der Waals surface area (Å²) in [5, 5.41) is 0. The van der Waals surface area contributed by atoms with E-state index in [4.69, 9.17) is 4.74 Å². The van der Waals surface area contributed by atoms with Gasteiger partial charge in [0.2, 0.25) is 0 Å². The summed E-state index contributed by atoms with van der Waals surface area (Å²) in [7, 11) is 0. The predicted molar refractivity (Wildman–Crippen MR) is 110 cm³/mol. The number of ether oxygens (including phenoxy) is 1. The van der Waals surface area contributed by atoms with Gasteiger partial charge in [0, 0.05) is 13.1 Å². The van der Waals surface area contributed by atoms with Gasteiger partial charge < -0.3 is 9.64 Å². The highest BCUT2D eigenvalue weighted by Gasteiger charge is 2.40. The Balaban J connectivity index is 1.83. The smallest absolute Gasteiger partial charge is 0.359 e. The van der Waals surface area contributed by atoms with Crippen LogP contribution in [0.15, 0.2) is 30.6 Å². The largest absolute Gasteiger partial charge is 0.455 e. The van der Waals surface area contributed by atoms with Gasteiger partial charge in [0.1, 0.15) is 11.9 Å². The molecular formula is C22H28N4O3. The van der Waals surface area contributed by atoms with E-state index in [0.29, 0.717) is 12.1 Å². The van der Waals surface area contributed by atoms with Crippen molar-refractivity contribution in [1.29, 1.82) is 0 Å². The Bertz CT molecular complexity index is 938. The standard InChI is InChI=1S/C22H28N4O3/c1-5-15-19-18(20(27)29-22(2,3)4)23-14-25(19)16-10-6-7-11-17(16)26(15)21(28)24-12-8-9-13-24/h6-7,10-11,14-15H,5,8-9,12-13H2,1-4H3/t15-/m0/s1. The number of benzene rings is 1. The molecule has 3 heterocycles. The van der Waals surface area contributed by atoms with Crippen LogP contribution in [0, 0.1) is 0 Å². The Kier molecular flexibility index (Phi) is 4.84. The lowest BCUT2D eigenvalue weighted by Gasteiger charge is -2.39. The molecule has 2 aromatic rings. The Hall–Kier alpha value is -2.83. The summed E-state index contributed by atoms with van der Waals surface area (Å²) in [6.45, 7) is 9.08. The van der Waals surface area contributed by atoms with Crippen LogP contribution in [0.3, 0.4) is 0 Å². The second-order valence-corrected chi connectivity index (χ2v) is 8.61. The third-order valence-electron chi connectivity index (χ3n) is 5.39. The van der Waals surface area contributed by atoms with Crippen LogP contribution < -0.4 is 4.90 Å². The summed E-state index contributed by atoms with van der Waals surface area (Å²) in [5.74, 6) is -0.461. The van der Waals surface area contributed by atoms with E-state index in [-0.39, 0.29) is 17.8 Å². The van der Waals surface area contributed by atoms with Crippen molar-refractivity contribution in [3.63, 3.8) is 0 Å². The Morgan fingerprint density at radius 3 is 2.41 bits per heavy atom. The van der Waals surface area contributed by atoms with Gasteiger partial charge in [-0.2, -0.15) is 0 Å². The summed E-state index contributed by atoms with van der Waals surface area (Å²) in [6, 6.07) is 7.48. The van der Waals surface area contributed by atoms with Crippen LogP contribution in [0.25, 0.3) is 5.69 Å². The van der Waals surface area contributed by atoms with Gasteiger partial charge in [0.15, 0.2) is 5.69 Å². The normalized spacial score (nSPS) is 18.4. The Labute approximate surface area is 171 Å². The first kappa shape index (κ1) is 19.5. The fourth-order valence-corrected chi connectivity index (χ4v) is 4.19. The molecule has 1 aromatic carbocycles. The number of imidazole rings is 1. The van der Waals surface area contributed by atoms with E-state index >= 15 is 0 Å². The summed E-state index contributed by atoms with van der Waals surface area (Å²) < 4.78 is 7.52. The molecule has 1 saturated heterocycles. The van der Waals surface area contributed by atoms with E-state index in [1.807, 2.05) is 66.3 Å². The molecule has 4 rings (SSSR count). The first-order chi connectivity index (χ1) is 13.8. The number of amides is 2. The molecule has 154 valence electrons. The lowest BCUT2D eigenvalue weighted by Crippen LogP contribution is -2.46. The molecular weight excluding hydrogens is 368 g/mol. The van der Waals surface area contributed by atoms with Crippen molar-refractivity contribution in [2.45, 2.75) is 58.6 Å². The van der Waals surface area contributed by atoms with Gasteiger partial charge in [-0.3, -0.25) is 9.47 Å². The molecule has 2 amide bonds. The second kappa shape index (κ2) is 7.21. The van der Waals surface area contributed by atoms with E-state index in [9.17, 15) is 9.59 Å². The quantitative estimate of drug-likeness (QED) is 0.709. The average molecular weight is 396 g/mol. The van der Waals surface area contributed by atoms with Gasteiger partial charge in [-0.1, -0.05) is 19.1 Å². The molecule has 1 aromatic heterocycles. The summed E-state index contributed by atoms with van der Waals surface area (Å²) in [5.41, 5.74) is 2.07. The highest BCUT2D eigenvalue weighted by Crippen LogP contribution is 2.42. The van der Waals surface area contributed by atoms with Crippen LogP contribution in [0.1, 0.15) is 69.2 Å². The fraction of sp³-hybridized carbons (Fsp3) is 0.500. The van der Waals surface area contributed by atoms with Crippen LogP contribution >= 0.6 is 0 Å². The molecule has 1 atom stereocenters. The number of anilines is 1. The average Bonchev–Trinajstić information content (AvgIpc) is 3.35. The number of hydrogen-bond donors (Lipinski definition) is 0. The van der Waals surface area contributed by atoms with Gasteiger partial charge in [-0.15, -0.1) is 0 Å². The van der Waals surface area contributed by atoms with Gasteiger partial charge in [0.25, 0.3) is 0 Å². The molecule has 0 spiro atoms. The van der Waals surface area contributed by atoms with Crippen molar-refractivity contribution >= 4 is 17.7 Å². The van der Waals surface area contributed by atoms with Crippen LogP contribution in [0.4, 0.5) is 10.5 Å². The molecule has 7 heteroatoms. The third-order valence-corrected chi connectivity index (χ3v) is 5.39. The second-order valence-electron chi connectivity index (χ2n) is 8.61.